The molecule has 0 aliphatic carbocycles. The Morgan fingerprint density at radius 3 is 2.42 bits per heavy atom. The van der Waals surface area contributed by atoms with Crippen molar-refractivity contribution < 1.29 is 19.5 Å². The van der Waals surface area contributed by atoms with E-state index < -0.39 is 5.09 Å². The van der Waals surface area contributed by atoms with Gasteiger partial charge in [0.1, 0.15) is 6.10 Å². The summed E-state index contributed by atoms with van der Waals surface area (Å²) in [4.78, 5) is 24.0. The van der Waals surface area contributed by atoms with Crippen molar-refractivity contribution in [1.29, 1.82) is 0 Å². The third-order valence-corrected chi connectivity index (χ3v) is 3.57. The molecule has 2 N–H and O–H groups in total. The standard InChI is InChI=1S/C13H20N2O2S.C4H9NO3/c1-10(2)14-8-13(17-9-16)11-4-6-12(7-5-11)15-18-3;1-2-3-4-8-5(6)7/h4-7,9-10,13-15H,8H2,1-3H3;2-4H2,1H3. The number of ether oxygens (including phenoxy) is 1. The maximum Gasteiger partial charge on any atom is 0.294 e. The van der Waals surface area contributed by atoms with E-state index in [-0.39, 0.29) is 12.7 Å². The van der Waals surface area contributed by atoms with Crippen molar-refractivity contribution in [1.82, 2.24) is 5.32 Å². The first-order chi connectivity index (χ1) is 12.4. The molecule has 1 aromatic carbocycles. The molecule has 0 amide bonds. The molecule has 1 rings (SSSR count). The first-order valence-electron chi connectivity index (χ1n) is 8.43. The lowest BCUT2D eigenvalue weighted by Crippen LogP contribution is -2.29. The van der Waals surface area contributed by atoms with Gasteiger partial charge in [0.2, 0.25) is 0 Å². The number of anilines is 1. The molecular weight excluding hydrogens is 358 g/mol. The average molecular weight is 388 g/mol. The van der Waals surface area contributed by atoms with Crippen LogP contribution in [0.15, 0.2) is 24.3 Å². The van der Waals surface area contributed by atoms with E-state index in [0.29, 0.717) is 19.1 Å². The van der Waals surface area contributed by atoms with Crippen LogP contribution in [0.1, 0.15) is 45.3 Å². The molecule has 0 aliphatic rings. The number of carbonyl (C=O) groups is 1. The number of hydrogen-bond donors (Lipinski definition) is 2. The Balaban J connectivity index is 0.000000660. The normalized spacial score (nSPS) is 11.1. The van der Waals surface area contributed by atoms with E-state index in [1.165, 1.54) is 0 Å². The van der Waals surface area contributed by atoms with Gasteiger partial charge in [-0.15, -0.1) is 10.1 Å². The maximum atomic E-state index is 10.5. The van der Waals surface area contributed by atoms with E-state index in [2.05, 4.69) is 28.7 Å². The Bertz CT molecular complexity index is 500. The van der Waals surface area contributed by atoms with Gasteiger partial charge >= 0.3 is 0 Å². The van der Waals surface area contributed by atoms with E-state index in [1.807, 2.05) is 37.4 Å². The molecule has 1 unspecified atom stereocenters. The Hall–Kier alpha value is -2.00. The Morgan fingerprint density at radius 2 is 1.96 bits per heavy atom. The van der Waals surface area contributed by atoms with E-state index in [4.69, 9.17) is 4.74 Å². The van der Waals surface area contributed by atoms with E-state index in [9.17, 15) is 14.9 Å². The smallest absolute Gasteiger partial charge is 0.294 e. The van der Waals surface area contributed by atoms with E-state index in [1.54, 1.807) is 11.9 Å². The van der Waals surface area contributed by atoms with Gasteiger partial charge in [-0.3, -0.25) is 4.79 Å². The zero-order chi connectivity index (χ0) is 19.8. The minimum atomic E-state index is -0.768. The van der Waals surface area contributed by atoms with Crippen molar-refractivity contribution in [2.75, 3.05) is 24.1 Å². The summed E-state index contributed by atoms with van der Waals surface area (Å²) in [6, 6.07) is 8.24. The summed E-state index contributed by atoms with van der Waals surface area (Å²) in [5.74, 6) is 0. The third-order valence-electron chi connectivity index (χ3n) is 3.13. The van der Waals surface area contributed by atoms with Crippen molar-refractivity contribution in [2.45, 2.75) is 45.8 Å². The summed E-state index contributed by atoms with van der Waals surface area (Å²) >= 11 is 1.54. The molecule has 0 spiro atoms. The molecule has 148 valence electrons. The highest BCUT2D eigenvalue weighted by molar-refractivity contribution is 7.99. The second-order valence-electron chi connectivity index (χ2n) is 5.62. The zero-order valence-electron chi connectivity index (χ0n) is 15.8. The number of benzene rings is 1. The van der Waals surface area contributed by atoms with Crippen LogP contribution in [0.5, 0.6) is 0 Å². The lowest BCUT2D eigenvalue weighted by molar-refractivity contribution is -0.757. The van der Waals surface area contributed by atoms with Crippen LogP contribution >= 0.6 is 11.9 Å². The molecule has 8 nitrogen and oxygen atoms in total. The van der Waals surface area contributed by atoms with Crippen LogP contribution in [-0.2, 0) is 14.4 Å². The molecule has 0 heterocycles. The van der Waals surface area contributed by atoms with Gasteiger partial charge in [-0.2, -0.15) is 0 Å². The quantitative estimate of drug-likeness (QED) is 0.184. The average Bonchev–Trinajstić information content (AvgIpc) is 2.60. The minimum absolute atomic E-state index is 0.226. The lowest BCUT2D eigenvalue weighted by atomic mass is 10.1. The Labute approximate surface area is 159 Å². The van der Waals surface area contributed by atoms with Gasteiger partial charge in [0, 0.05) is 24.5 Å². The molecule has 0 fully saturated rings. The van der Waals surface area contributed by atoms with E-state index in [0.717, 1.165) is 24.1 Å². The fourth-order valence-corrected chi connectivity index (χ4v) is 2.19. The molecule has 0 bridgehead atoms. The molecule has 0 saturated heterocycles. The SMILES string of the molecule is CCCCO[N+](=O)[O-].CSNc1ccc(C(CNC(C)C)OC=O)cc1. The molecule has 1 aromatic rings. The second kappa shape index (κ2) is 15.3. The summed E-state index contributed by atoms with van der Waals surface area (Å²) in [7, 11) is 0. The van der Waals surface area contributed by atoms with Crippen molar-refractivity contribution in [3.05, 3.63) is 39.9 Å². The number of nitrogens with zero attached hydrogens (tertiary/aromatic N) is 1. The van der Waals surface area contributed by atoms with Gasteiger partial charge in [-0.25, -0.2) is 0 Å². The highest BCUT2D eigenvalue weighted by Gasteiger charge is 2.12. The largest absolute Gasteiger partial charge is 0.458 e. The molecule has 0 aliphatic heterocycles. The van der Waals surface area contributed by atoms with Crippen LogP contribution in [0.3, 0.4) is 0 Å². The summed E-state index contributed by atoms with van der Waals surface area (Å²) in [6.07, 6.45) is 3.40. The maximum absolute atomic E-state index is 10.5. The van der Waals surface area contributed by atoms with Crippen molar-refractivity contribution >= 4 is 24.1 Å². The molecular formula is C17H29N3O5S. The fourth-order valence-electron chi connectivity index (χ4n) is 1.82. The van der Waals surface area contributed by atoms with Crippen molar-refractivity contribution in [3.8, 4) is 0 Å². The van der Waals surface area contributed by atoms with Gasteiger partial charge < -0.3 is 19.6 Å². The Morgan fingerprint density at radius 1 is 1.31 bits per heavy atom. The monoisotopic (exact) mass is 387 g/mol. The Kier molecular flexibility index (Phi) is 14.1. The fraction of sp³-hybridized carbons (Fsp3) is 0.588. The van der Waals surface area contributed by atoms with Gasteiger partial charge in [-0.1, -0.05) is 51.3 Å². The first-order valence-corrected chi connectivity index (χ1v) is 9.65. The van der Waals surface area contributed by atoms with Crippen LogP contribution in [0.2, 0.25) is 0 Å². The van der Waals surface area contributed by atoms with Crippen LogP contribution < -0.4 is 10.0 Å². The summed E-state index contributed by atoms with van der Waals surface area (Å²) < 4.78 is 8.26. The zero-order valence-corrected chi connectivity index (χ0v) is 16.6. The van der Waals surface area contributed by atoms with Crippen LogP contribution in [0.25, 0.3) is 0 Å². The summed E-state index contributed by atoms with van der Waals surface area (Å²) in [6.45, 7) is 7.41. The van der Waals surface area contributed by atoms with Crippen molar-refractivity contribution in [2.24, 2.45) is 0 Å². The highest BCUT2D eigenvalue weighted by atomic mass is 32.2. The number of rotatable bonds is 12. The molecule has 0 radical (unpaired) electrons. The number of unbranched alkanes of at least 4 members (excludes halogenated alkanes) is 1. The number of carbonyl (C=O) groups excluding carboxylic acids is 1. The van der Waals surface area contributed by atoms with Crippen LogP contribution in [-0.4, -0.2) is 37.0 Å². The number of hydrogen-bond acceptors (Lipinski definition) is 8. The van der Waals surface area contributed by atoms with Gasteiger partial charge in [0.05, 0.1) is 6.61 Å². The van der Waals surface area contributed by atoms with Gasteiger partial charge in [-0.05, 0) is 24.1 Å². The predicted molar refractivity (Wildman–Crippen MR) is 104 cm³/mol. The lowest BCUT2D eigenvalue weighted by Gasteiger charge is -2.18. The van der Waals surface area contributed by atoms with Gasteiger partial charge in [0.25, 0.3) is 11.6 Å². The molecule has 26 heavy (non-hydrogen) atoms. The summed E-state index contributed by atoms with van der Waals surface area (Å²) in [5.41, 5.74) is 2.02. The molecule has 9 heteroatoms. The number of nitrogens with one attached hydrogen (secondary N) is 2. The molecule has 1 atom stereocenters. The van der Waals surface area contributed by atoms with Crippen LogP contribution in [0.4, 0.5) is 5.69 Å². The molecule has 0 aromatic heterocycles. The second-order valence-corrected chi connectivity index (χ2v) is 6.23. The summed E-state index contributed by atoms with van der Waals surface area (Å²) in [5, 5.41) is 12.0. The predicted octanol–water partition coefficient (Wildman–Crippen LogP) is 3.58. The van der Waals surface area contributed by atoms with Crippen LogP contribution in [0, 0.1) is 10.1 Å². The molecule has 0 saturated carbocycles. The van der Waals surface area contributed by atoms with Crippen molar-refractivity contribution in [3.63, 3.8) is 0 Å². The third kappa shape index (κ3) is 12.4. The minimum Gasteiger partial charge on any atom is -0.458 e. The van der Waals surface area contributed by atoms with E-state index >= 15 is 0 Å². The van der Waals surface area contributed by atoms with Gasteiger partial charge in [0.15, 0.2) is 0 Å². The topological polar surface area (TPSA) is 103 Å². The highest BCUT2D eigenvalue weighted by Crippen LogP contribution is 2.20. The first kappa shape index (κ1) is 24.0.